The zero-order valence-corrected chi connectivity index (χ0v) is 7.15. The third-order valence-electron chi connectivity index (χ3n) is 2.42. The molecule has 58 valence electrons. The van der Waals surface area contributed by atoms with Crippen LogP contribution in [0.5, 0.6) is 0 Å². The fraction of sp³-hybridized carbons (Fsp3) is 0.778. The average molecular weight is 139 g/mol. The normalized spacial score (nSPS) is 21.4. The minimum atomic E-state index is 0.759. The second kappa shape index (κ2) is 3.20. The first kappa shape index (κ1) is 7.80. The van der Waals surface area contributed by atoms with Crippen LogP contribution in [0.15, 0.2) is 11.6 Å². The molecule has 0 saturated carbocycles. The van der Waals surface area contributed by atoms with E-state index in [-0.39, 0.29) is 0 Å². The van der Waals surface area contributed by atoms with Crippen molar-refractivity contribution in [1.82, 2.24) is 5.32 Å². The molecule has 1 rings (SSSR count). The maximum atomic E-state index is 3.32. The Balaban J connectivity index is 2.47. The summed E-state index contributed by atoms with van der Waals surface area (Å²) < 4.78 is 0. The van der Waals surface area contributed by atoms with Crippen LogP contribution in [0.4, 0.5) is 0 Å². The lowest BCUT2D eigenvalue weighted by Crippen LogP contribution is -2.14. The van der Waals surface area contributed by atoms with E-state index >= 15 is 0 Å². The molecule has 0 bridgehead atoms. The number of rotatable bonds is 2. The largest absolute Gasteiger partial charge is 0.310 e. The molecule has 1 aliphatic rings. The summed E-state index contributed by atoms with van der Waals surface area (Å²) >= 11 is 0. The van der Waals surface area contributed by atoms with Gasteiger partial charge in [0, 0.05) is 13.1 Å². The Morgan fingerprint density at radius 2 is 2.10 bits per heavy atom. The van der Waals surface area contributed by atoms with Gasteiger partial charge >= 0.3 is 0 Å². The van der Waals surface area contributed by atoms with Gasteiger partial charge in [-0.25, -0.2) is 0 Å². The first-order valence-electron chi connectivity index (χ1n) is 4.11. The van der Waals surface area contributed by atoms with Crippen molar-refractivity contribution in [3.05, 3.63) is 11.6 Å². The molecule has 10 heavy (non-hydrogen) atoms. The zero-order chi connectivity index (χ0) is 7.56. The number of nitrogens with one attached hydrogen (secondary N) is 1. The first-order valence-corrected chi connectivity index (χ1v) is 4.11. The van der Waals surface area contributed by atoms with Gasteiger partial charge < -0.3 is 5.32 Å². The van der Waals surface area contributed by atoms with Crippen molar-refractivity contribution >= 4 is 0 Å². The fourth-order valence-corrected chi connectivity index (χ4v) is 1.27. The fourth-order valence-electron chi connectivity index (χ4n) is 1.27. The Hall–Kier alpha value is -0.300. The Morgan fingerprint density at radius 3 is 2.50 bits per heavy atom. The van der Waals surface area contributed by atoms with Gasteiger partial charge in [-0.2, -0.15) is 0 Å². The van der Waals surface area contributed by atoms with Crippen molar-refractivity contribution in [1.29, 1.82) is 0 Å². The minimum Gasteiger partial charge on any atom is -0.310 e. The zero-order valence-electron chi connectivity index (χ0n) is 7.15. The van der Waals surface area contributed by atoms with Crippen molar-refractivity contribution in [2.24, 2.45) is 11.8 Å². The van der Waals surface area contributed by atoms with Crippen LogP contribution in [-0.2, 0) is 0 Å². The van der Waals surface area contributed by atoms with Gasteiger partial charge in [-0.15, -0.1) is 0 Å². The molecule has 0 aliphatic carbocycles. The molecule has 0 aromatic carbocycles. The van der Waals surface area contributed by atoms with Crippen molar-refractivity contribution in [3.63, 3.8) is 0 Å². The molecular formula is C9H17N. The minimum absolute atomic E-state index is 0.759. The lowest BCUT2D eigenvalue weighted by Gasteiger charge is -2.16. The van der Waals surface area contributed by atoms with E-state index in [0.29, 0.717) is 0 Å². The van der Waals surface area contributed by atoms with E-state index in [9.17, 15) is 0 Å². The Labute approximate surface area is 63.5 Å². The summed E-state index contributed by atoms with van der Waals surface area (Å²) in [7, 11) is 0. The van der Waals surface area contributed by atoms with Gasteiger partial charge in [-0.3, -0.25) is 0 Å². The van der Waals surface area contributed by atoms with Gasteiger partial charge in [-0.05, 0) is 11.8 Å². The Kier molecular flexibility index (Phi) is 2.50. The lowest BCUT2D eigenvalue weighted by molar-refractivity contribution is 0.475. The highest BCUT2D eigenvalue weighted by atomic mass is 14.9. The maximum Gasteiger partial charge on any atom is 0.0170 e. The van der Waals surface area contributed by atoms with Gasteiger partial charge in [0.25, 0.3) is 0 Å². The summed E-state index contributed by atoms with van der Waals surface area (Å²) in [5.41, 5.74) is 1.59. The monoisotopic (exact) mass is 139 g/mol. The van der Waals surface area contributed by atoms with Crippen LogP contribution in [0.1, 0.15) is 20.8 Å². The molecule has 0 aromatic rings. The molecule has 0 unspecified atom stereocenters. The van der Waals surface area contributed by atoms with E-state index in [1.165, 1.54) is 0 Å². The van der Waals surface area contributed by atoms with Gasteiger partial charge in [0.05, 0.1) is 0 Å². The van der Waals surface area contributed by atoms with E-state index < -0.39 is 0 Å². The standard InChI is InChI=1S/C9H17N/c1-7(2)8(3)9-4-5-10-6-9/h4,7-8,10H,5-6H2,1-3H3/t8-/m0/s1. The highest BCUT2D eigenvalue weighted by Gasteiger charge is 2.14. The van der Waals surface area contributed by atoms with Crippen molar-refractivity contribution in [3.8, 4) is 0 Å². The highest BCUT2D eigenvalue weighted by molar-refractivity contribution is 5.14. The van der Waals surface area contributed by atoms with Crippen LogP contribution < -0.4 is 5.32 Å². The average Bonchev–Trinajstić information content (AvgIpc) is 2.36. The van der Waals surface area contributed by atoms with Crippen LogP contribution in [0, 0.1) is 11.8 Å². The van der Waals surface area contributed by atoms with Crippen LogP contribution >= 0.6 is 0 Å². The quantitative estimate of drug-likeness (QED) is 0.575. The summed E-state index contributed by atoms with van der Waals surface area (Å²) in [6.07, 6.45) is 2.32. The summed E-state index contributed by atoms with van der Waals surface area (Å²) in [5.74, 6) is 1.54. The van der Waals surface area contributed by atoms with Crippen molar-refractivity contribution in [2.45, 2.75) is 20.8 Å². The van der Waals surface area contributed by atoms with E-state index in [1.54, 1.807) is 5.57 Å². The molecule has 1 N–H and O–H groups in total. The molecule has 0 spiro atoms. The molecule has 0 radical (unpaired) electrons. The number of hydrogen-bond donors (Lipinski definition) is 1. The molecule has 1 heterocycles. The maximum absolute atomic E-state index is 3.32. The van der Waals surface area contributed by atoms with E-state index in [4.69, 9.17) is 0 Å². The predicted molar refractivity (Wildman–Crippen MR) is 45.0 cm³/mol. The van der Waals surface area contributed by atoms with Gasteiger partial charge in [-0.1, -0.05) is 32.4 Å². The second-order valence-electron chi connectivity index (χ2n) is 3.44. The van der Waals surface area contributed by atoms with Crippen molar-refractivity contribution in [2.75, 3.05) is 13.1 Å². The molecule has 0 saturated heterocycles. The van der Waals surface area contributed by atoms with E-state index in [0.717, 1.165) is 24.9 Å². The highest BCUT2D eigenvalue weighted by Crippen LogP contribution is 2.20. The topological polar surface area (TPSA) is 12.0 Å². The molecule has 0 fully saturated rings. The molecule has 0 amide bonds. The molecule has 1 aliphatic heterocycles. The van der Waals surface area contributed by atoms with Gasteiger partial charge in [0.2, 0.25) is 0 Å². The third-order valence-corrected chi connectivity index (χ3v) is 2.42. The van der Waals surface area contributed by atoms with Crippen LogP contribution in [0.25, 0.3) is 0 Å². The number of hydrogen-bond acceptors (Lipinski definition) is 1. The summed E-state index contributed by atoms with van der Waals surface area (Å²) in [5, 5.41) is 3.32. The third kappa shape index (κ3) is 1.60. The molecule has 1 atom stereocenters. The van der Waals surface area contributed by atoms with E-state index in [2.05, 4.69) is 32.2 Å². The SMILES string of the molecule is CC(C)[C@H](C)C1=CCNC1. The molecule has 0 aromatic heterocycles. The molecular weight excluding hydrogens is 122 g/mol. The van der Waals surface area contributed by atoms with Gasteiger partial charge in [0.1, 0.15) is 0 Å². The first-order chi connectivity index (χ1) is 4.72. The summed E-state index contributed by atoms with van der Waals surface area (Å²) in [4.78, 5) is 0. The van der Waals surface area contributed by atoms with Crippen LogP contribution in [0.2, 0.25) is 0 Å². The van der Waals surface area contributed by atoms with Crippen LogP contribution in [-0.4, -0.2) is 13.1 Å². The summed E-state index contributed by atoms with van der Waals surface area (Å²) in [6, 6.07) is 0. The van der Waals surface area contributed by atoms with Crippen molar-refractivity contribution < 1.29 is 0 Å². The second-order valence-corrected chi connectivity index (χ2v) is 3.44. The Morgan fingerprint density at radius 1 is 1.40 bits per heavy atom. The summed E-state index contributed by atoms with van der Waals surface area (Å²) in [6.45, 7) is 9.06. The predicted octanol–water partition coefficient (Wildman–Crippen LogP) is 1.81. The van der Waals surface area contributed by atoms with Gasteiger partial charge in [0.15, 0.2) is 0 Å². The van der Waals surface area contributed by atoms with Crippen LogP contribution in [0.3, 0.4) is 0 Å². The Bertz CT molecular complexity index is 136. The lowest BCUT2D eigenvalue weighted by atomic mass is 9.91. The molecule has 1 heteroatoms. The molecule has 1 nitrogen and oxygen atoms in total. The smallest absolute Gasteiger partial charge is 0.0170 e. The van der Waals surface area contributed by atoms with E-state index in [1.807, 2.05) is 0 Å².